The normalized spacial score (nSPS) is 23.2. The smallest absolute Gasteiger partial charge is 0.244 e. The first-order valence-corrected chi connectivity index (χ1v) is 6.91. The minimum Gasteiger partial charge on any atom is -0.338 e. The van der Waals surface area contributed by atoms with Crippen molar-refractivity contribution in [3.8, 4) is 0 Å². The fraction of sp³-hybridized carbons (Fsp3) is 0.846. The van der Waals surface area contributed by atoms with Crippen molar-refractivity contribution in [2.24, 2.45) is 5.92 Å². The number of nitrogens with zero attached hydrogens (tertiary/aromatic N) is 4. The highest BCUT2D eigenvalue weighted by Gasteiger charge is 2.29. The van der Waals surface area contributed by atoms with Crippen LogP contribution in [0.3, 0.4) is 0 Å². The predicted molar refractivity (Wildman–Crippen MR) is 73.8 cm³/mol. The van der Waals surface area contributed by atoms with Crippen LogP contribution in [0, 0.1) is 5.92 Å². The van der Waals surface area contributed by atoms with E-state index in [2.05, 4.69) is 46.2 Å². The van der Waals surface area contributed by atoms with Crippen molar-refractivity contribution in [1.82, 2.24) is 25.3 Å². The van der Waals surface area contributed by atoms with Gasteiger partial charge in [-0.1, -0.05) is 19.0 Å². The van der Waals surface area contributed by atoms with Gasteiger partial charge < -0.3 is 9.84 Å². The lowest BCUT2D eigenvalue weighted by atomic mass is 10.0. The second kappa shape index (κ2) is 5.98. The molecule has 1 saturated heterocycles. The summed E-state index contributed by atoms with van der Waals surface area (Å²) in [7, 11) is 6.19. The van der Waals surface area contributed by atoms with Crippen molar-refractivity contribution in [3.05, 3.63) is 11.7 Å². The van der Waals surface area contributed by atoms with Gasteiger partial charge in [0.1, 0.15) is 0 Å². The van der Waals surface area contributed by atoms with Gasteiger partial charge in [-0.2, -0.15) is 4.98 Å². The summed E-state index contributed by atoms with van der Waals surface area (Å²) in [4.78, 5) is 9.02. The Kier molecular flexibility index (Phi) is 4.54. The second-order valence-corrected chi connectivity index (χ2v) is 5.84. The highest BCUT2D eigenvalue weighted by molar-refractivity contribution is 5.01. The first-order valence-electron chi connectivity index (χ1n) is 6.91. The number of rotatable bonds is 4. The van der Waals surface area contributed by atoms with E-state index in [1.165, 1.54) is 0 Å². The molecule has 1 aliphatic heterocycles. The zero-order valence-corrected chi connectivity index (χ0v) is 12.6. The standard InChI is InChI=1S/C13H25N5O/c1-9(2)11(17(3)4)13-15-12(16-19-13)10-8-14-6-7-18(10)5/h9-11,14H,6-8H2,1-5H3. The van der Waals surface area contributed by atoms with Gasteiger partial charge in [0.05, 0.1) is 12.1 Å². The van der Waals surface area contributed by atoms with Crippen LogP contribution in [0.4, 0.5) is 0 Å². The molecular formula is C13H25N5O. The Morgan fingerprint density at radius 2 is 2.16 bits per heavy atom. The Morgan fingerprint density at radius 1 is 1.42 bits per heavy atom. The molecular weight excluding hydrogens is 242 g/mol. The van der Waals surface area contributed by atoms with Gasteiger partial charge in [-0.15, -0.1) is 0 Å². The fourth-order valence-corrected chi connectivity index (χ4v) is 2.70. The summed E-state index contributed by atoms with van der Waals surface area (Å²) in [6.07, 6.45) is 0. The molecule has 2 atom stereocenters. The van der Waals surface area contributed by atoms with Crippen LogP contribution in [0.5, 0.6) is 0 Å². The van der Waals surface area contributed by atoms with Gasteiger partial charge in [-0.05, 0) is 27.1 Å². The first kappa shape index (κ1) is 14.4. The maximum atomic E-state index is 5.49. The number of likely N-dealkylation sites (N-methyl/N-ethyl adjacent to an activating group) is 1. The topological polar surface area (TPSA) is 57.4 Å². The Hall–Kier alpha value is -0.980. The molecule has 1 aliphatic rings. The van der Waals surface area contributed by atoms with Gasteiger partial charge in [-0.25, -0.2) is 0 Å². The van der Waals surface area contributed by atoms with E-state index in [1.54, 1.807) is 0 Å². The number of piperazine rings is 1. The van der Waals surface area contributed by atoms with Crippen LogP contribution in [0.15, 0.2) is 4.52 Å². The van der Waals surface area contributed by atoms with Gasteiger partial charge >= 0.3 is 0 Å². The quantitative estimate of drug-likeness (QED) is 0.875. The molecule has 6 nitrogen and oxygen atoms in total. The van der Waals surface area contributed by atoms with E-state index in [4.69, 9.17) is 4.52 Å². The zero-order chi connectivity index (χ0) is 14.0. The third-order valence-corrected chi connectivity index (χ3v) is 3.71. The SMILES string of the molecule is CC(C)C(c1nc(C2CNCCN2C)no1)N(C)C. The lowest BCUT2D eigenvalue weighted by Gasteiger charge is -2.30. The number of hydrogen-bond acceptors (Lipinski definition) is 6. The summed E-state index contributed by atoms with van der Waals surface area (Å²) in [6, 6.07) is 0.379. The maximum Gasteiger partial charge on any atom is 0.244 e. The third-order valence-electron chi connectivity index (χ3n) is 3.71. The van der Waals surface area contributed by atoms with Crippen LogP contribution in [0.25, 0.3) is 0 Å². The van der Waals surface area contributed by atoms with Crippen molar-refractivity contribution in [3.63, 3.8) is 0 Å². The molecule has 19 heavy (non-hydrogen) atoms. The molecule has 0 spiro atoms. The molecule has 2 unspecified atom stereocenters. The van der Waals surface area contributed by atoms with E-state index < -0.39 is 0 Å². The van der Waals surface area contributed by atoms with Crippen molar-refractivity contribution in [2.45, 2.75) is 25.9 Å². The van der Waals surface area contributed by atoms with Crippen molar-refractivity contribution in [1.29, 1.82) is 0 Å². The average Bonchev–Trinajstić information content (AvgIpc) is 2.77. The summed E-state index contributed by atoms with van der Waals surface area (Å²) in [5.74, 6) is 1.94. The molecule has 0 aliphatic carbocycles. The van der Waals surface area contributed by atoms with Gasteiger partial charge in [0.15, 0.2) is 5.82 Å². The molecule has 6 heteroatoms. The molecule has 1 N–H and O–H groups in total. The second-order valence-electron chi connectivity index (χ2n) is 5.84. The summed E-state index contributed by atoms with van der Waals surface area (Å²) >= 11 is 0. The highest BCUT2D eigenvalue weighted by atomic mass is 16.5. The molecule has 0 amide bonds. The predicted octanol–water partition coefficient (Wildman–Crippen LogP) is 0.904. The van der Waals surface area contributed by atoms with Crippen LogP contribution in [-0.4, -0.2) is 60.7 Å². The van der Waals surface area contributed by atoms with Gasteiger partial charge in [-0.3, -0.25) is 9.80 Å². The Bertz CT molecular complexity index is 395. The Labute approximate surface area is 115 Å². The number of nitrogens with one attached hydrogen (secondary N) is 1. The van der Waals surface area contributed by atoms with E-state index in [0.717, 1.165) is 25.5 Å². The van der Waals surface area contributed by atoms with Gasteiger partial charge in [0.2, 0.25) is 5.89 Å². The molecule has 0 radical (unpaired) electrons. The summed E-state index contributed by atoms with van der Waals surface area (Å²) < 4.78 is 5.49. The van der Waals surface area contributed by atoms with Crippen molar-refractivity contribution < 1.29 is 4.52 Å². The first-order chi connectivity index (χ1) is 9.00. The average molecular weight is 267 g/mol. The van der Waals surface area contributed by atoms with Gasteiger partial charge in [0, 0.05) is 19.6 Å². The summed E-state index contributed by atoms with van der Waals surface area (Å²) in [5, 5.41) is 7.56. The van der Waals surface area contributed by atoms with E-state index in [1.807, 2.05) is 14.1 Å². The third kappa shape index (κ3) is 3.13. The summed E-state index contributed by atoms with van der Waals surface area (Å²) in [5.41, 5.74) is 0. The Balaban J connectivity index is 2.17. The zero-order valence-electron chi connectivity index (χ0n) is 12.6. The lowest BCUT2D eigenvalue weighted by Crippen LogP contribution is -2.44. The number of hydrogen-bond donors (Lipinski definition) is 1. The molecule has 1 aromatic rings. The van der Waals surface area contributed by atoms with E-state index in [-0.39, 0.29) is 12.1 Å². The minimum atomic E-state index is 0.170. The van der Waals surface area contributed by atoms with E-state index >= 15 is 0 Å². The molecule has 0 saturated carbocycles. The molecule has 2 heterocycles. The monoisotopic (exact) mass is 267 g/mol. The lowest BCUT2D eigenvalue weighted by molar-refractivity contribution is 0.178. The molecule has 1 aromatic heterocycles. The Morgan fingerprint density at radius 3 is 2.74 bits per heavy atom. The minimum absolute atomic E-state index is 0.170. The van der Waals surface area contributed by atoms with Gasteiger partial charge in [0.25, 0.3) is 0 Å². The number of aromatic nitrogens is 2. The molecule has 108 valence electrons. The van der Waals surface area contributed by atoms with Crippen LogP contribution < -0.4 is 5.32 Å². The van der Waals surface area contributed by atoms with Crippen molar-refractivity contribution in [2.75, 3.05) is 40.8 Å². The van der Waals surface area contributed by atoms with E-state index in [0.29, 0.717) is 11.8 Å². The molecule has 2 rings (SSSR count). The fourth-order valence-electron chi connectivity index (χ4n) is 2.70. The molecule has 1 fully saturated rings. The molecule has 0 aromatic carbocycles. The largest absolute Gasteiger partial charge is 0.338 e. The molecule has 0 bridgehead atoms. The van der Waals surface area contributed by atoms with Crippen LogP contribution in [0.2, 0.25) is 0 Å². The van der Waals surface area contributed by atoms with Crippen LogP contribution in [-0.2, 0) is 0 Å². The van der Waals surface area contributed by atoms with Crippen LogP contribution in [0.1, 0.15) is 37.6 Å². The highest BCUT2D eigenvalue weighted by Crippen LogP contribution is 2.27. The van der Waals surface area contributed by atoms with E-state index in [9.17, 15) is 0 Å². The maximum absolute atomic E-state index is 5.49. The van der Waals surface area contributed by atoms with Crippen LogP contribution >= 0.6 is 0 Å². The summed E-state index contributed by atoms with van der Waals surface area (Å²) in [6.45, 7) is 7.25. The van der Waals surface area contributed by atoms with Crippen molar-refractivity contribution >= 4 is 0 Å².